The van der Waals surface area contributed by atoms with E-state index in [-0.39, 0.29) is 32.3 Å². The lowest BCUT2D eigenvalue weighted by atomic mass is 10.1. The van der Waals surface area contributed by atoms with Crippen molar-refractivity contribution in [2.24, 2.45) is 0 Å². The minimum absolute atomic E-state index is 0.0102. The van der Waals surface area contributed by atoms with E-state index in [1.165, 1.54) is 11.3 Å². The Labute approximate surface area is 249 Å². The molecule has 9 nitrogen and oxygen atoms in total. The van der Waals surface area contributed by atoms with Gasteiger partial charge in [-0.2, -0.15) is 0 Å². The Kier molecular flexibility index (Phi) is 10.9. The number of rotatable bonds is 14. The number of nitrogens with zero attached hydrogens (tertiary/aromatic N) is 2. The van der Waals surface area contributed by atoms with Crippen molar-refractivity contribution in [3.63, 3.8) is 0 Å². The molecule has 4 aromatic rings. The first-order valence-electron chi connectivity index (χ1n) is 13.5. The molecule has 0 amide bonds. The number of carbonyl (C=O) groups excluding carboxylic acids is 2. The van der Waals surface area contributed by atoms with E-state index < -0.39 is 5.97 Å². The Balaban J connectivity index is 1.63. The molecule has 0 aliphatic carbocycles. The Morgan fingerprint density at radius 1 is 0.810 bits per heavy atom. The summed E-state index contributed by atoms with van der Waals surface area (Å²) < 4.78 is 27.4. The summed E-state index contributed by atoms with van der Waals surface area (Å²) in [7, 11) is 3.16. The van der Waals surface area contributed by atoms with Crippen LogP contribution in [0.15, 0.2) is 72.8 Å². The van der Waals surface area contributed by atoms with E-state index in [2.05, 4.69) is 0 Å². The van der Waals surface area contributed by atoms with Crippen molar-refractivity contribution in [2.75, 3.05) is 34.0 Å². The molecule has 10 heteroatoms. The van der Waals surface area contributed by atoms with Gasteiger partial charge < -0.3 is 23.7 Å². The summed E-state index contributed by atoms with van der Waals surface area (Å²) in [6, 6.07) is 22.5. The SMILES string of the molecule is CCOC(=O)CN(Cc1ccc(OC)cc1OC)Cc1nc(-c2ccc(Oc3ccccc3)cc2)sc1C(=O)OCC. The monoisotopic (exact) mass is 590 g/mol. The van der Waals surface area contributed by atoms with E-state index in [1.54, 1.807) is 34.1 Å². The molecule has 0 saturated heterocycles. The van der Waals surface area contributed by atoms with E-state index >= 15 is 0 Å². The van der Waals surface area contributed by atoms with Gasteiger partial charge in [-0.3, -0.25) is 9.69 Å². The molecule has 0 saturated carbocycles. The van der Waals surface area contributed by atoms with Gasteiger partial charge in [0.15, 0.2) is 0 Å². The average molecular weight is 591 g/mol. The molecule has 0 unspecified atom stereocenters. The molecular formula is C32H34N2O7S. The lowest BCUT2D eigenvalue weighted by molar-refractivity contribution is -0.144. The molecule has 0 aliphatic heterocycles. The second kappa shape index (κ2) is 15.0. The van der Waals surface area contributed by atoms with Crippen LogP contribution in [0.1, 0.15) is 34.8 Å². The minimum atomic E-state index is -0.460. The molecule has 0 aliphatic rings. The Morgan fingerprint density at radius 3 is 2.17 bits per heavy atom. The van der Waals surface area contributed by atoms with Crippen LogP contribution in [0.2, 0.25) is 0 Å². The summed E-state index contributed by atoms with van der Waals surface area (Å²) in [5.74, 6) is 1.85. The molecule has 1 heterocycles. The van der Waals surface area contributed by atoms with Gasteiger partial charge in [-0.15, -0.1) is 11.3 Å². The maximum atomic E-state index is 13.0. The van der Waals surface area contributed by atoms with Gasteiger partial charge in [0.25, 0.3) is 0 Å². The molecule has 0 bridgehead atoms. The maximum absolute atomic E-state index is 13.0. The zero-order valence-corrected chi connectivity index (χ0v) is 24.9. The maximum Gasteiger partial charge on any atom is 0.350 e. The van der Waals surface area contributed by atoms with Crippen LogP contribution in [0.5, 0.6) is 23.0 Å². The summed E-state index contributed by atoms with van der Waals surface area (Å²) in [4.78, 5) is 32.6. The largest absolute Gasteiger partial charge is 0.497 e. The first kappa shape index (κ1) is 30.5. The zero-order chi connectivity index (χ0) is 29.9. The number of benzene rings is 3. The molecule has 0 fully saturated rings. The summed E-state index contributed by atoms with van der Waals surface area (Å²) in [5, 5.41) is 0.650. The third-order valence-corrected chi connectivity index (χ3v) is 7.28. The lowest BCUT2D eigenvalue weighted by Gasteiger charge is -2.22. The number of esters is 2. The summed E-state index contributed by atoms with van der Waals surface area (Å²) in [6.45, 7) is 4.54. The Bertz CT molecular complexity index is 1470. The number of para-hydroxylation sites is 1. The number of methoxy groups -OCH3 is 2. The van der Waals surface area contributed by atoms with Gasteiger partial charge in [-0.05, 0) is 56.3 Å². The van der Waals surface area contributed by atoms with Gasteiger partial charge in [0, 0.05) is 30.3 Å². The van der Waals surface area contributed by atoms with E-state index in [0.717, 1.165) is 16.9 Å². The number of ether oxygens (including phenoxy) is 5. The second-order valence-corrected chi connectivity index (χ2v) is 10.1. The van der Waals surface area contributed by atoms with Crippen LogP contribution < -0.4 is 14.2 Å². The van der Waals surface area contributed by atoms with Gasteiger partial charge in [0.05, 0.1) is 39.7 Å². The summed E-state index contributed by atoms with van der Waals surface area (Å²) in [6.07, 6.45) is 0. The van der Waals surface area contributed by atoms with E-state index in [9.17, 15) is 9.59 Å². The first-order valence-corrected chi connectivity index (χ1v) is 14.3. The molecular weight excluding hydrogens is 556 g/mol. The van der Waals surface area contributed by atoms with E-state index in [0.29, 0.717) is 39.4 Å². The normalized spacial score (nSPS) is 10.8. The highest BCUT2D eigenvalue weighted by Gasteiger charge is 2.24. The molecule has 0 radical (unpaired) electrons. The molecule has 42 heavy (non-hydrogen) atoms. The van der Waals surface area contributed by atoms with Gasteiger partial charge in [-0.25, -0.2) is 9.78 Å². The average Bonchev–Trinajstić information content (AvgIpc) is 3.42. The lowest BCUT2D eigenvalue weighted by Crippen LogP contribution is -2.31. The van der Waals surface area contributed by atoms with Crippen LogP contribution in [0.25, 0.3) is 10.6 Å². The highest BCUT2D eigenvalue weighted by molar-refractivity contribution is 7.17. The third-order valence-electron chi connectivity index (χ3n) is 6.16. The molecule has 220 valence electrons. The fraction of sp³-hybridized carbons (Fsp3) is 0.281. The van der Waals surface area contributed by atoms with E-state index in [1.807, 2.05) is 71.6 Å². The number of thiazole rings is 1. The highest BCUT2D eigenvalue weighted by Crippen LogP contribution is 2.33. The van der Waals surface area contributed by atoms with Crippen LogP contribution in [0.4, 0.5) is 0 Å². The van der Waals surface area contributed by atoms with Crippen LogP contribution >= 0.6 is 11.3 Å². The fourth-order valence-corrected chi connectivity index (χ4v) is 5.19. The van der Waals surface area contributed by atoms with Crippen molar-refractivity contribution in [1.29, 1.82) is 0 Å². The predicted molar refractivity (Wildman–Crippen MR) is 160 cm³/mol. The molecule has 0 atom stereocenters. The molecule has 1 aromatic heterocycles. The number of aromatic nitrogens is 1. The number of hydrogen-bond acceptors (Lipinski definition) is 10. The van der Waals surface area contributed by atoms with E-state index in [4.69, 9.17) is 28.7 Å². The van der Waals surface area contributed by atoms with Gasteiger partial charge >= 0.3 is 11.9 Å². The van der Waals surface area contributed by atoms with Crippen molar-refractivity contribution in [3.8, 4) is 33.6 Å². The van der Waals surface area contributed by atoms with Gasteiger partial charge in [0.2, 0.25) is 0 Å². The summed E-state index contributed by atoms with van der Waals surface area (Å²) in [5.41, 5.74) is 2.17. The van der Waals surface area contributed by atoms with Crippen molar-refractivity contribution >= 4 is 23.3 Å². The van der Waals surface area contributed by atoms with Crippen LogP contribution in [0.3, 0.4) is 0 Å². The zero-order valence-electron chi connectivity index (χ0n) is 24.1. The first-order chi connectivity index (χ1) is 20.4. The van der Waals surface area contributed by atoms with Crippen molar-refractivity contribution in [3.05, 3.63) is 88.9 Å². The van der Waals surface area contributed by atoms with Crippen LogP contribution in [-0.4, -0.2) is 55.8 Å². The van der Waals surface area contributed by atoms with Crippen molar-refractivity contribution < 1.29 is 33.3 Å². The number of carbonyl (C=O) groups is 2. The minimum Gasteiger partial charge on any atom is -0.497 e. The standard InChI is InChI=1S/C32H34N2O7S/c1-5-39-29(35)21-34(19-23-14-17-26(37-3)18-28(23)38-4)20-27-30(32(36)40-6-2)42-31(33-27)22-12-15-25(16-13-22)41-24-10-8-7-9-11-24/h7-18H,5-6,19-21H2,1-4H3. The van der Waals surface area contributed by atoms with Gasteiger partial charge in [0.1, 0.15) is 32.9 Å². The summed E-state index contributed by atoms with van der Waals surface area (Å²) >= 11 is 1.25. The number of hydrogen-bond donors (Lipinski definition) is 0. The second-order valence-electron chi connectivity index (χ2n) is 9.08. The molecule has 0 spiro atoms. The van der Waals surface area contributed by atoms with Crippen molar-refractivity contribution in [1.82, 2.24) is 9.88 Å². The van der Waals surface area contributed by atoms with Gasteiger partial charge in [-0.1, -0.05) is 24.3 Å². The topological polar surface area (TPSA) is 96.4 Å². The molecule has 0 N–H and O–H groups in total. The highest BCUT2D eigenvalue weighted by atomic mass is 32.1. The Morgan fingerprint density at radius 2 is 1.50 bits per heavy atom. The Hall–Kier alpha value is -4.41. The quantitative estimate of drug-likeness (QED) is 0.155. The fourth-order valence-electron chi connectivity index (χ4n) is 4.22. The third kappa shape index (κ3) is 8.08. The smallest absolute Gasteiger partial charge is 0.350 e. The molecule has 4 rings (SSSR count). The van der Waals surface area contributed by atoms with Crippen molar-refractivity contribution in [2.45, 2.75) is 26.9 Å². The van der Waals surface area contributed by atoms with Crippen LogP contribution in [0, 0.1) is 0 Å². The molecule has 3 aromatic carbocycles. The predicted octanol–water partition coefficient (Wildman–Crippen LogP) is 6.36. The van der Waals surface area contributed by atoms with Crippen LogP contribution in [-0.2, 0) is 27.4 Å².